The van der Waals surface area contributed by atoms with Crippen molar-refractivity contribution in [3.8, 4) is 11.5 Å². The highest BCUT2D eigenvalue weighted by Gasteiger charge is 2.12. The van der Waals surface area contributed by atoms with Crippen molar-refractivity contribution in [3.05, 3.63) is 23.8 Å². The molecule has 0 bridgehead atoms. The van der Waals surface area contributed by atoms with Crippen molar-refractivity contribution < 1.29 is 14.3 Å². The molecule has 1 aromatic carbocycles. The van der Waals surface area contributed by atoms with Crippen molar-refractivity contribution in [1.29, 1.82) is 0 Å². The first kappa shape index (κ1) is 10.3. The largest absolute Gasteiger partial charge is 0.454 e. The van der Waals surface area contributed by atoms with Crippen molar-refractivity contribution in [2.45, 2.75) is 6.54 Å². The number of benzene rings is 1. The van der Waals surface area contributed by atoms with Gasteiger partial charge in [0.05, 0.1) is 6.54 Å². The maximum absolute atomic E-state index is 10.5. The zero-order valence-electron chi connectivity index (χ0n) is 7.96. The zero-order chi connectivity index (χ0) is 10.7. The Morgan fingerprint density at radius 1 is 1.40 bits per heavy atom. The Balaban J connectivity index is 1.95. The van der Waals surface area contributed by atoms with Gasteiger partial charge in [-0.25, -0.2) is 0 Å². The predicted octanol–water partition coefficient (Wildman–Crippen LogP) is 1.27. The van der Waals surface area contributed by atoms with Crippen LogP contribution in [0.15, 0.2) is 18.2 Å². The molecule has 1 aliphatic heterocycles. The van der Waals surface area contributed by atoms with E-state index in [1.807, 2.05) is 18.2 Å². The maximum atomic E-state index is 10.5. The number of nitrogens with one attached hydrogen (secondary N) is 1. The molecule has 0 saturated heterocycles. The summed E-state index contributed by atoms with van der Waals surface area (Å²) in [5.41, 5.74) is 1.03. The molecule has 4 nitrogen and oxygen atoms in total. The monoisotopic (exact) mass is 227 g/mol. The van der Waals surface area contributed by atoms with E-state index in [0.29, 0.717) is 6.54 Å². The van der Waals surface area contributed by atoms with Crippen LogP contribution in [0.4, 0.5) is 0 Å². The third kappa shape index (κ3) is 2.61. The van der Waals surface area contributed by atoms with Crippen LogP contribution in [0.5, 0.6) is 11.5 Å². The van der Waals surface area contributed by atoms with E-state index in [0.717, 1.165) is 17.1 Å². The molecule has 0 aliphatic carbocycles. The second-order valence-corrected chi connectivity index (χ2v) is 3.57. The highest BCUT2D eigenvalue weighted by molar-refractivity contribution is 6.64. The molecular weight excluding hydrogens is 218 g/mol. The summed E-state index contributed by atoms with van der Waals surface area (Å²) in [6.45, 7) is 1.01. The highest BCUT2D eigenvalue weighted by Crippen LogP contribution is 2.32. The third-order valence-corrected chi connectivity index (χ3v) is 2.16. The van der Waals surface area contributed by atoms with Crippen molar-refractivity contribution in [1.82, 2.24) is 5.32 Å². The van der Waals surface area contributed by atoms with Crippen LogP contribution >= 0.6 is 11.6 Å². The van der Waals surface area contributed by atoms with Crippen LogP contribution < -0.4 is 14.8 Å². The van der Waals surface area contributed by atoms with Crippen LogP contribution in [0.2, 0.25) is 0 Å². The van der Waals surface area contributed by atoms with Crippen molar-refractivity contribution in [2.75, 3.05) is 13.3 Å². The van der Waals surface area contributed by atoms with Crippen LogP contribution in [0.25, 0.3) is 0 Å². The summed E-state index contributed by atoms with van der Waals surface area (Å²) in [6, 6.07) is 5.65. The SMILES string of the molecule is O=C(Cl)CNCc1ccc2c(c1)OCO2. The molecule has 0 spiro atoms. The first-order valence-electron chi connectivity index (χ1n) is 4.53. The van der Waals surface area contributed by atoms with Gasteiger partial charge in [-0.3, -0.25) is 4.79 Å². The molecule has 0 atom stereocenters. The number of fused-ring (bicyclic) bond motifs is 1. The molecule has 5 heteroatoms. The van der Waals surface area contributed by atoms with Crippen molar-refractivity contribution in [2.24, 2.45) is 0 Å². The zero-order valence-corrected chi connectivity index (χ0v) is 8.71. The number of hydrogen-bond acceptors (Lipinski definition) is 4. The number of rotatable bonds is 4. The standard InChI is InChI=1S/C10H10ClNO3/c11-10(13)5-12-4-7-1-2-8-9(3-7)15-6-14-8/h1-3,12H,4-6H2. The minimum absolute atomic E-state index is 0.163. The molecule has 0 amide bonds. The Hall–Kier alpha value is -1.26. The van der Waals surface area contributed by atoms with Gasteiger partial charge in [-0.1, -0.05) is 6.07 Å². The molecule has 0 saturated carbocycles. The van der Waals surface area contributed by atoms with Crippen LogP contribution in [0, 0.1) is 0 Å². The molecule has 80 valence electrons. The lowest BCUT2D eigenvalue weighted by Crippen LogP contribution is -2.18. The van der Waals surface area contributed by atoms with Gasteiger partial charge in [0, 0.05) is 6.54 Å². The van der Waals surface area contributed by atoms with Gasteiger partial charge in [0.1, 0.15) is 0 Å². The number of ether oxygens (including phenoxy) is 2. The predicted molar refractivity (Wildman–Crippen MR) is 55.1 cm³/mol. The van der Waals surface area contributed by atoms with Gasteiger partial charge in [0.15, 0.2) is 11.5 Å². The lowest BCUT2D eigenvalue weighted by molar-refractivity contribution is -0.110. The minimum Gasteiger partial charge on any atom is -0.454 e. The lowest BCUT2D eigenvalue weighted by atomic mass is 10.2. The fourth-order valence-electron chi connectivity index (χ4n) is 1.36. The van der Waals surface area contributed by atoms with Crippen molar-refractivity contribution in [3.63, 3.8) is 0 Å². The maximum Gasteiger partial charge on any atom is 0.235 e. The van der Waals surface area contributed by atoms with E-state index >= 15 is 0 Å². The molecule has 1 aliphatic rings. The number of hydrogen-bond donors (Lipinski definition) is 1. The van der Waals surface area contributed by atoms with Gasteiger partial charge in [0.25, 0.3) is 0 Å². The van der Waals surface area contributed by atoms with Gasteiger partial charge < -0.3 is 14.8 Å². The van der Waals surface area contributed by atoms with Gasteiger partial charge in [-0.15, -0.1) is 0 Å². The van der Waals surface area contributed by atoms with Crippen LogP contribution in [0.3, 0.4) is 0 Å². The number of carbonyl (C=O) groups excluding carboxylic acids is 1. The highest BCUT2D eigenvalue weighted by atomic mass is 35.5. The van der Waals surface area contributed by atoms with E-state index in [2.05, 4.69) is 5.32 Å². The van der Waals surface area contributed by atoms with Crippen LogP contribution in [-0.2, 0) is 11.3 Å². The Morgan fingerprint density at radius 2 is 2.20 bits per heavy atom. The molecule has 0 aromatic heterocycles. The average Bonchev–Trinajstić information content (AvgIpc) is 2.64. The van der Waals surface area contributed by atoms with E-state index in [9.17, 15) is 4.79 Å². The molecule has 15 heavy (non-hydrogen) atoms. The van der Waals surface area contributed by atoms with Gasteiger partial charge in [-0.2, -0.15) is 0 Å². The topological polar surface area (TPSA) is 47.6 Å². The molecule has 1 heterocycles. The Bertz CT molecular complexity index is 381. The quantitative estimate of drug-likeness (QED) is 0.787. The second-order valence-electron chi connectivity index (χ2n) is 3.15. The molecule has 1 aromatic rings. The minimum atomic E-state index is -0.393. The van der Waals surface area contributed by atoms with Gasteiger partial charge in [-0.05, 0) is 29.3 Å². The summed E-state index contributed by atoms with van der Waals surface area (Å²) < 4.78 is 10.4. The smallest absolute Gasteiger partial charge is 0.235 e. The van der Waals surface area contributed by atoms with E-state index < -0.39 is 5.24 Å². The Morgan fingerprint density at radius 3 is 3.00 bits per heavy atom. The molecular formula is C10H10ClNO3. The second kappa shape index (κ2) is 4.51. The van der Waals surface area contributed by atoms with E-state index in [4.69, 9.17) is 21.1 Å². The summed E-state index contributed by atoms with van der Waals surface area (Å²) >= 11 is 5.19. The molecule has 0 unspecified atom stereocenters. The molecule has 0 fully saturated rings. The lowest BCUT2D eigenvalue weighted by Gasteiger charge is -2.03. The van der Waals surface area contributed by atoms with E-state index in [1.54, 1.807) is 0 Å². The first-order valence-corrected chi connectivity index (χ1v) is 4.91. The molecule has 2 rings (SSSR count). The van der Waals surface area contributed by atoms with E-state index in [1.165, 1.54) is 0 Å². The fourth-order valence-corrected chi connectivity index (χ4v) is 1.45. The fraction of sp³-hybridized carbons (Fsp3) is 0.300. The summed E-state index contributed by atoms with van der Waals surface area (Å²) in [6.07, 6.45) is 0. The van der Waals surface area contributed by atoms with Gasteiger partial charge >= 0.3 is 0 Å². The summed E-state index contributed by atoms with van der Waals surface area (Å²) in [5.74, 6) is 1.50. The third-order valence-electron chi connectivity index (χ3n) is 2.03. The molecule has 1 N–H and O–H groups in total. The van der Waals surface area contributed by atoms with Crippen LogP contribution in [-0.4, -0.2) is 18.6 Å². The Kier molecular flexibility index (Phi) is 3.08. The summed E-state index contributed by atoms with van der Waals surface area (Å²) in [5, 5.41) is 2.52. The molecule has 0 radical (unpaired) electrons. The number of carbonyl (C=O) groups is 1. The van der Waals surface area contributed by atoms with Crippen molar-refractivity contribution >= 4 is 16.8 Å². The van der Waals surface area contributed by atoms with Gasteiger partial charge in [0.2, 0.25) is 12.0 Å². The average molecular weight is 228 g/mol. The number of halogens is 1. The first-order chi connectivity index (χ1) is 7.25. The summed E-state index contributed by atoms with van der Waals surface area (Å²) in [4.78, 5) is 10.5. The normalized spacial score (nSPS) is 12.9. The summed E-state index contributed by atoms with van der Waals surface area (Å²) in [7, 11) is 0. The van der Waals surface area contributed by atoms with Crippen LogP contribution in [0.1, 0.15) is 5.56 Å². The van der Waals surface area contributed by atoms with E-state index in [-0.39, 0.29) is 13.3 Å². The Labute approximate surface area is 92.1 Å².